The van der Waals surface area contributed by atoms with Crippen molar-refractivity contribution < 1.29 is 19.0 Å². The number of hydrogen-bond donors (Lipinski definition) is 2. The fraction of sp³-hybridized carbons (Fsp3) is 0.632. The van der Waals surface area contributed by atoms with Crippen molar-refractivity contribution in [3.63, 3.8) is 0 Å². The number of rotatable bonds is 9. The molecule has 0 aromatic heterocycles. The van der Waals surface area contributed by atoms with E-state index in [1.807, 2.05) is 6.07 Å². The first-order valence-electron chi connectivity index (χ1n) is 8.94. The quantitative estimate of drug-likeness (QED) is 0.638. The molecule has 1 heterocycles. The maximum atomic E-state index is 12.4. The van der Waals surface area contributed by atoms with E-state index in [1.54, 1.807) is 26.4 Å². The van der Waals surface area contributed by atoms with Crippen LogP contribution in [0.1, 0.15) is 26.2 Å². The highest BCUT2D eigenvalue weighted by molar-refractivity contribution is 5.91. The van der Waals surface area contributed by atoms with Gasteiger partial charge in [0.1, 0.15) is 6.61 Å². The summed E-state index contributed by atoms with van der Waals surface area (Å²) < 4.78 is 15.9. The SMILES string of the molecule is COCCOc1cc(NC(=O)CC(C)C2CCNCC2)ccc1OC.Cl. The molecule has 1 aliphatic heterocycles. The lowest BCUT2D eigenvalue weighted by Gasteiger charge is -2.27. The molecule has 6 nitrogen and oxygen atoms in total. The molecule has 26 heavy (non-hydrogen) atoms. The molecule has 2 rings (SSSR count). The Morgan fingerprint density at radius 3 is 2.62 bits per heavy atom. The molecule has 1 atom stereocenters. The van der Waals surface area contributed by atoms with Gasteiger partial charge in [-0.05, 0) is 49.9 Å². The van der Waals surface area contributed by atoms with E-state index >= 15 is 0 Å². The van der Waals surface area contributed by atoms with Gasteiger partial charge in [0.15, 0.2) is 11.5 Å². The summed E-state index contributed by atoms with van der Waals surface area (Å²) in [5, 5.41) is 6.34. The largest absolute Gasteiger partial charge is 0.493 e. The molecular weight excluding hydrogens is 356 g/mol. The summed E-state index contributed by atoms with van der Waals surface area (Å²) in [6, 6.07) is 5.42. The summed E-state index contributed by atoms with van der Waals surface area (Å²) in [7, 11) is 3.22. The molecule has 1 unspecified atom stereocenters. The van der Waals surface area contributed by atoms with Crippen molar-refractivity contribution in [2.24, 2.45) is 11.8 Å². The van der Waals surface area contributed by atoms with Crippen molar-refractivity contribution in [1.82, 2.24) is 5.32 Å². The topological polar surface area (TPSA) is 68.8 Å². The average Bonchev–Trinajstić information content (AvgIpc) is 2.63. The van der Waals surface area contributed by atoms with Gasteiger partial charge < -0.3 is 24.8 Å². The van der Waals surface area contributed by atoms with Crippen molar-refractivity contribution in [1.29, 1.82) is 0 Å². The van der Waals surface area contributed by atoms with Gasteiger partial charge in [0.25, 0.3) is 0 Å². The average molecular weight is 387 g/mol. The monoisotopic (exact) mass is 386 g/mol. The lowest BCUT2D eigenvalue weighted by molar-refractivity contribution is -0.117. The molecule has 2 N–H and O–H groups in total. The zero-order chi connectivity index (χ0) is 18.1. The fourth-order valence-corrected chi connectivity index (χ4v) is 3.19. The van der Waals surface area contributed by atoms with Crippen molar-refractivity contribution >= 4 is 24.0 Å². The van der Waals surface area contributed by atoms with Gasteiger partial charge in [-0.15, -0.1) is 12.4 Å². The highest BCUT2D eigenvalue weighted by Crippen LogP contribution is 2.31. The maximum absolute atomic E-state index is 12.4. The zero-order valence-corrected chi connectivity index (χ0v) is 16.7. The van der Waals surface area contributed by atoms with Crippen LogP contribution in [0.4, 0.5) is 5.69 Å². The van der Waals surface area contributed by atoms with E-state index in [9.17, 15) is 4.79 Å². The van der Waals surface area contributed by atoms with Gasteiger partial charge in [0.2, 0.25) is 5.91 Å². The third-order valence-electron chi connectivity index (χ3n) is 4.69. The molecule has 7 heteroatoms. The number of anilines is 1. The minimum absolute atomic E-state index is 0. The standard InChI is InChI=1S/C19H30N2O4.ClH/c1-14(15-6-8-20-9-7-15)12-19(22)21-16-4-5-17(24-3)18(13-16)25-11-10-23-2;/h4-5,13-15,20H,6-12H2,1-3H3,(H,21,22);1H. The molecule has 1 aliphatic rings. The molecule has 1 saturated heterocycles. The van der Waals surface area contributed by atoms with E-state index in [0.717, 1.165) is 31.6 Å². The summed E-state index contributed by atoms with van der Waals surface area (Å²) in [4.78, 5) is 12.4. The Morgan fingerprint density at radius 1 is 1.23 bits per heavy atom. The summed E-state index contributed by atoms with van der Waals surface area (Å²) in [5.74, 6) is 2.29. The first-order valence-corrected chi connectivity index (χ1v) is 8.94. The third-order valence-corrected chi connectivity index (χ3v) is 4.69. The normalized spacial score (nSPS) is 15.7. The Labute approximate surface area is 162 Å². The molecule has 1 aromatic rings. The van der Waals surface area contributed by atoms with Gasteiger partial charge in [-0.25, -0.2) is 0 Å². The first kappa shape index (κ1) is 22.5. The number of piperidine rings is 1. The van der Waals surface area contributed by atoms with Gasteiger partial charge in [0, 0.05) is 25.3 Å². The number of ether oxygens (including phenoxy) is 3. The zero-order valence-electron chi connectivity index (χ0n) is 15.9. The molecule has 148 valence electrons. The molecule has 0 spiro atoms. The lowest BCUT2D eigenvalue weighted by atomic mass is 9.84. The number of methoxy groups -OCH3 is 2. The Morgan fingerprint density at radius 2 is 1.96 bits per heavy atom. The molecule has 0 bridgehead atoms. The van der Waals surface area contributed by atoms with Crippen LogP contribution in [0.5, 0.6) is 11.5 Å². The highest BCUT2D eigenvalue weighted by Gasteiger charge is 2.22. The van der Waals surface area contributed by atoms with Crippen molar-refractivity contribution in [3.05, 3.63) is 18.2 Å². The van der Waals surface area contributed by atoms with Gasteiger partial charge in [-0.3, -0.25) is 4.79 Å². The van der Waals surface area contributed by atoms with E-state index in [1.165, 1.54) is 0 Å². The summed E-state index contributed by atoms with van der Waals surface area (Å²) in [6.45, 7) is 5.20. The van der Waals surface area contributed by atoms with Crippen LogP contribution in [0.25, 0.3) is 0 Å². The number of halogens is 1. The Kier molecular flexibility index (Phi) is 10.4. The van der Waals surface area contributed by atoms with E-state index in [2.05, 4.69) is 17.6 Å². The van der Waals surface area contributed by atoms with Crippen molar-refractivity contribution in [3.8, 4) is 11.5 Å². The van der Waals surface area contributed by atoms with E-state index in [4.69, 9.17) is 14.2 Å². The van der Waals surface area contributed by atoms with Crippen LogP contribution in [-0.2, 0) is 9.53 Å². The number of nitrogens with one attached hydrogen (secondary N) is 2. The number of amides is 1. The van der Waals surface area contributed by atoms with Crippen LogP contribution in [0.15, 0.2) is 18.2 Å². The Hall–Kier alpha value is -1.50. The second-order valence-electron chi connectivity index (χ2n) is 6.52. The van der Waals surface area contributed by atoms with Crippen LogP contribution in [-0.4, -0.2) is 46.4 Å². The molecule has 0 radical (unpaired) electrons. The molecule has 1 aromatic carbocycles. The molecule has 1 amide bonds. The number of benzene rings is 1. The van der Waals surface area contributed by atoms with E-state index in [0.29, 0.717) is 43.0 Å². The Bertz CT molecular complexity index is 550. The minimum atomic E-state index is 0. The Balaban J connectivity index is 0.00000338. The molecule has 0 saturated carbocycles. The van der Waals surface area contributed by atoms with Gasteiger partial charge in [0.05, 0.1) is 13.7 Å². The number of hydrogen-bond acceptors (Lipinski definition) is 5. The van der Waals surface area contributed by atoms with Crippen molar-refractivity contribution in [2.75, 3.05) is 45.8 Å². The number of carbonyl (C=O) groups excluding carboxylic acids is 1. The second kappa shape index (κ2) is 12.0. The van der Waals surface area contributed by atoms with E-state index in [-0.39, 0.29) is 18.3 Å². The van der Waals surface area contributed by atoms with Crippen LogP contribution in [0.2, 0.25) is 0 Å². The molecule has 1 fully saturated rings. The molecule has 0 aliphatic carbocycles. The van der Waals surface area contributed by atoms with E-state index < -0.39 is 0 Å². The minimum Gasteiger partial charge on any atom is -0.493 e. The highest BCUT2D eigenvalue weighted by atomic mass is 35.5. The van der Waals surface area contributed by atoms with Crippen LogP contribution >= 0.6 is 12.4 Å². The lowest BCUT2D eigenvalue weighted by Crippen LogP contribution is -2.32. The second-order valence-corrected chi connectivity index (χ2v) is 6.52. The van der Waals surface area contributed by atoms with Crippen LogP contribution in [0.3, 0.4) is 0 Å². The predicted octanol–water partition coefficient (Wildman–Crippen LogP) is 3.11. The summed E-state index contributed by atoms with van der Waals surface area (Å²) in [6.07, 6.45) is 2.83. The predicted molar refractivity (Wildman–Crippen MR) is 106 cm³/mol. The fourth-order valence-electron chi connectivity index (χ4n) is 3.19. The number of carbonyl (C=O) groups is 1. The summed E-state index contributed by atoms with van der Waals surface area (Å²) in [5.41, 5.74) is 0.718. The van der Waals surface area contributed by atoms with Gasteiger partial charge in [-0.1, -0.05) is 6.92 Å². The third kappa shape index (κ3) is 7.02. The summed E-state index contributed by atoms with van der Waals surface area (Å²) >= 11 is 0. The first-order chi connectivity index (χ1) is 12.1. The van der Waals surface area contributed by atoms with Crippen LogP contribution in [0, 0.1) is 11.8 Å². The maximum Gasteiger partial charge on any atom is 0.224 e. The molecular formula is C19H31ClN2O4. The smallest absolute Gasteiger partial charge is 0.224 e. The van der Waals surface area contributed by atoms with Crippen molar-refractivity contribution in [2.45, 2.75) is 26.2 Å². The van der Waals surface area contributed by atoms with Crippen LogP contribution < -0.4 is 20.1 Å². The van der Waals surface area contributed by atoms with Gasteiger partial charge >= 0.3 is 0 Å². The van der Waals surface area contributed by atoms with Gasteiger partial charge in [-0.2, -0.15) is 0 Å².